The number of carbonyl (C=O) groups excluding carboxylic acids is 1. The Kier molecular flexibility index (Phi) is 3.93. The predicted molar refractivity (Wildman–Crippen MR) is 104 cm³/mol. The molecule has 28 heavy (non-hydrogen) atoms. The van der Waals surface area contributed by atoms with Crippen LogP contribution in [-0.4, -0.2) is 42.1 Å². The second-order valence-electron chi connectivity index (χ2n) is 7.21. The van der Waals surface area contributed by atoms with Crippen LogP contribution in [0.4, 0.5) is 0 Å². The van der Waals surface area contributed by atoms with Gasteiger partial charge in [0.1, 0.15) is 12.1 Å². The molecule has 1 amide bonds. The molecule has 2 aromatic heterocycles. The highest BCUT2D eigenvalue weighted by molar-refractivity contribution is 5.80. The molecule has 3 heterocycles. The summed E-state index contributed by atoms with van der Waals surface area (Å²) in [5.41, 5.74) is 5.24. The van der Waals surface area contributed by atoms with Crippen LogP contribution in [0, 0.1) is 0 Å². The van der Waals surface area contributed by atoms with Crippen molar-refractivity contribution in [2.24, 2.45) is 7.05 Å². The molecule has 7 heteroatoms. The molecule has 0 saturated heterocycles. The van der Waals surface area contributed by atoms with Gasteiger partial charge in [-0.2, -0.15) is 5.10 Å². The molecule has 0 aliphatic carbocycles. The van der Waals surface area contributed by atoms with Crippen LogP contribution < -0.4 is 0 Å². The molecule has 7 nitrogen and oxygen atoms in total. The minimum Gasteiger partial charge on any atom is -0.336 e. The number of para-hydroxylation sites is 1. The van der Waals surface area contributed by atoms with Gasteiger partial charge in [-0.3, -0.25) is 9.48 Å². The summed E-state index contributed by atoms with van der Waals surface area (Å²) in [5.74, 6) is 0.161. The normalized spacial score (nSPS) is 16.3. The molecule has 0 radical (unpaired) electrons. The smallest absolute Gasteiger partial charge is 0.244 e. The Labute approximate surface area is 162 Å². The molecule has 1 aliphatic rings. The SMILES string of the molecule is Cn1cc(C2CN(C(=O)Cn3nnc4ccccc43)Cc3ccccc32)cn1. The summed E-state index contributed by atoms with van der Waals surface area (Å²) < 4.78 is 3.48. The fourth-order valence-electron chi connectivity index (χ4n) is 3.96. The molecule has 0 saturated carbocycles. The minimum absolute atomic E-state index is 0.0408. The maximum atomic E-state index is 13.1. The summed E-state index contributed by atoms with van der Waals surface area (Å²) in [6.07, 6.45) is 3.92. The summed E-state index contributed by atoms with van der Waals surface area (Å²) in [6, 6.07) is 16.0. The van der Waals surface area contributed by atoms with Crippen molar-refractivity contribution in [2.45, 2.75) is 19.0 Å². The van der Waals surface area contributed by atoms with Crippen LogP contribution in [0.25, 0.3) is 11.0 Å². The van der Waals surface area contributed by atoms with E-state index in [0.717, 1.165) is 16.6 Å². The second-order valence-corrected chi connectivity index (χ2v) is 7.21. The van der Waals surface area contributed by atoms with Crippen LogP contribution in [-0.2, 0) is 24.9 Å². The number of aryl methyl sites for hydroxylation is 1. The first-order chi connectivity index (χ1) is 13.7. The van der Waals surface area contributed by atoms with Gasteiger partial charge in [0.05, 0.1) is 11.7 Å². The standard InChI is InChI=1S/C21H20N6O/c1-25-11-16(10-22-25)18-13-26(12-15-6-2-3-7-17(15)18)21(28)14-27-20-9-5-4-8-19(20)23-24-27/h2-11,18H,12-14H2,1H3. The number of aromatic nitrogens is 5. The molecule has 0 N–H and O–H groups in total. The van der Waals surface area contributed by atoms with Crippen LogP contribution in [0.2, 0.25) is 0 Å². The maximum absolute atomic E-state index is 13.1. The summed E-state index contributed by atoms with van der Waals surface area (Å²) in [5, 5.41) is 12.6. The molecule has 2 aromatic carbocycles. The zero-order valence-electron chi connectivity index (χ0n) is 15.6. The number of rotatable bonds is 3. The lowest BCUT2D eigenvalue weighted by Crippen LogP contribution is -2.40. The predicted octanol–water partition coefficient (Wildman–Crippen LogP) is 2.34. The van der Waals surface area contributed by atoms with Crippen molar-refractivity contribution in [2.75, 3.05) is 6.54 Å². The van der Waals surface area contributed by atoms with E-state index < -0.39 is 0 Å². The third-order valence-corrected chi connectivity index (χ3v) is 5.38. The summed E-state index contributed by atoms with van der Waals surface area (Å²) in [6.45, 7) is 1.43. The van der Waals surface area contributed by atoms with Gasteiger partial charge in [-0.05, 0) is 28.8 Å². The van der Waals surface area contributed by atoms with Gasteiger partial charge < -0.3 is 4.90 Å². The Morgan fingerprint density at radius 2 is 1.96 bits per heavy atom. The molecule has 1 aliphatic heterocycles. The van der Waals surface area contributed by atoms with Gasteiger partial charge in [-0.15, -0.1) is 5.10 Å². The number of fused-ring (bicyclic) bond motifs is 2. The van der Waals surface area contributed by atoms with Crippen LogP contribution >= 0.6 is 0 Å². The van der Waals surface area contributed by atoms with E-state index in [2.05, 4.69) is 33.6 Å². The Balaban J connectivity index is 1.45. The molecular weight excluding hydrogens is 352 g/mol. The number of hydrogen-bond acceptors (Lipinski definition) is 4. The molecule has 1 unspecified atom stereocenters. The first-order valence-corrected chi connectivity index (χ1v) is 9.31. The summed E-state index contributed by atoms with van der Waals surface area (Å²) >= 11 is 0. The van der Waals surface area contributed by atoms with Crippen LogP contribution in [0.15, 0.2) is 60.9 Å². The largest absolute Gasteiger partial charge is 0.336 e. The van der Waals surface area contributed by atoms with Gasteiger partial charge in [0.25, 0.3) is 0 Å². The van der Waals surface area contributed by atoms with Crippen molar-refractivity contribution < 1.29 is 4.79 Å². The average Bonchev–Trinajstić information content (AvgIpc) is 3.33. The number of amides is 1. The third-order valence-electron chi connectivity index (χ3n) is 5.38. The Morgan fingerprint density at radius 1 is 1.14 bits per heavy atom. The van der Waals surface area contributed by atoms with E-state index in [0.29, 0.717) is 13.1 Å². The highest BCUT2D eigenvalue weighted by atomic mass is 16.2. The maximum Gasteiger partial charge on any atom is 0.244 e. The monoisotopic (exact) mass is 372 g/mol. The van der Waals surface area contributed by atoms with Crippen molar-refractivity contribution in [3.05, 3.63) is 77.6 Å². The van der Waals surface area contributed by atoms with Crippen molar-refractivity contribution in [1.82, 2.24) is 29.7 Å². The average molecular weight is 372 g/mol. The van der Waals surface area contributed by atoms with E-state index in [1.807, 2.05) is 54.7 Å². The first kappa shape index (κ1) is 16.7. The molecule has 1 atom stereocenters. The highest BCUT2D eigenvalue weighted by Crippen LogP contribution is 2.33. The van der Waals surface area contributed by atoms with Crippen LogP contribution in [0.1, 0.15) is 22.6 Å². The molecule has 0 fully saturated rings. The van der Waals surface area contributed by atoms with E-state index in [1.54, 1.807) is 9.36 Å². The lowest BCUT2D eigenvalue weighted by Gasteiger charge is -2.34. The third kappa shape index (κ3) is 2.85. The summed E-state index contributed by atoms with van der Waals surface area (Å²) in [7, 11) is 1.91. The van der Waals surface area contributed by atoms with Gasteiger partial charge in [0.2, 0.25) is 5.91 Å². The van der Waals surface area contributed by atoms with E-state index in [9.17, 15) is 4.79 Å². The van der Waals surface area contributed by atoms with Gasteiger partial charge in [0.15, 0.2) is 0 Å². The van der Waals surface area contributed by atoms with Crippen molar-refractivity contribution in [3.63, 3.8) is 0 Å². The van der Waals surface area contributed by atoms with Gasteiger partial charge in [0, 0.05) is 32.3 Å². The van der Waals surface area contributed by atoms with E-state index in [4.69, 9.17) is 0 Å². The van der Waals surface area contributed by atoms with Gasteiger partial charge in [-0.25, -0.2) is 4.68 Å². The zero-order chi connectivity index (χ0) is 19.1. The second kappa shape index (κ2) is 6.60. The van der Waals surface area contributed by atoms with Crippen molar-refractivity contribution in [3.8, 4) is 0 Å². The van der Waals surface area contributed by atoms with Crippen LogP contribution in [0.5, 0.6) is 0 Å². The van der Waals surface area contributed by atoms with E-state index in [-0.39, 0.29) is 18.4 Å². The first-order valence-electron chi connectivity index (χ1n) is 9.31. The van der Waals surface area contributed by atoms with Crippen molar-refractivity contribution in [1.29, 1.82) is 0 Å². The molecule has 5 rings (SSSR count). The fraction of sp³-hybridized carbons (Fsp3) is 0.238. The van der Waals surface area contributed by atoms with Crippen molar-refractivity contribution >= 4 is 16.9 Å². The van der Waals surface area contributed by atoms with Gasteiger partial charge in [-0.1, -0.05) is 41.6 Å². The quantitative estimate of drug-likeness (QED) is 0.554. The van der Waals surface area contributed by atoms with Crippen LogP contribution in [0.3, 0.4) is 0 Å². The lowest BCUT2D eigenvalue weighted by molar-refractivity contribution is -0.133. The summed E-state index contributed by atoms with van der Waals surface area (Å²) in [4.78, 5) is 15.0. The number of nitrogens with zero attached hydrogens (tertiary/aromatic N) is 6. The highest BCUT2D eigenvalue weighted by Gasteiger charge is 2.30. The topological polar surface area (TPSA) is 68.8 Å². The minimum atomic E-state index is 0.0408. The Morgan fingerprint density at radius 3 is 2.82 bits per heavy atom. The molecule has 140 valence electrons. The molecular formula is C21H20N6O. The number of carbonyl (C=O) groups is 1. The Bertz CT molecular complexity index is 1160. The molecule has 0 bridgehead atoms. The molecule has 4 aromatic rings. The van der Waals surface area contributed by atoms with Gasteiger partial charge >= 0.3 is 0 Å². The Hall–Kier alpha value is -3.48. The van der Waals surface area contributed by atoms with E-state index >= 15 is 0 Å². The fourth-order valence-corrected chi connectivity index (χ4v) is 3.96. The van der Waals surface area contributed by atoms with E-state index in [1.165, 1.54) is 11.1 Å². The lowest BCUT2D eigenvalue weighted by atomic mass is 9.86. The zero-order valence-corrected chi connectivity index (χ0v) is 15.6. The molecule has 0 spiro atoms. The number of benzene rings is 2. The number of hydrogen-bond donors (Lipinski definition) is 0.